The van der Waals surface area contributed by atoms with E-state index in [9.17, 15) is 0 Å². The van der Waals surface area contributed by atoms with Crippen LogP contribution in [0.4, 0.5) is 0 Å². The molecular weight excluding hydrogens is 1500 g/mol. The topological polar surface area (TPSA) is 77.3 Å². The van der Waals surface area contributed by atoms with Crippen molar-refractivity contribution in [1.82, 2.24) is 29.9 Å². The van der Waals surface area contributed by atoms with Crippen molar-refractivity contribution in [3.05, 3.63) is 449 Å². The second-order valence-electron chi connectivity index (χ2n) is 32.0. The van der Waals surface area contributed by atoms with Gasteiger partial charge in [0.2, 0.25) is 0 Å². The van der Waals surface area contributed by atoms with Gasteiger partial charge in [0.15, 0.2) is 11.6 Å². The predicted octanol–water partition coefficient (Wildman–Crippen LogP) is 31.3. The molecule has 0 atom stereocenters. The molecule has 0 N–H and O–H groups in total. The number of nitrogens with zero attached hydrogens (tertiary/aromatic N) is 6. The Hall–Kier alpha value is -16.5. The smallest absolute Gasteiger partial charge is 0.160 e. The summed E-state index contributed by atoms with van der Waals surface area (Å²) in [5.74, 6) is 1.36. The van der Waals surface area contributed by atoms with Gasteiger partial charge in [-0.15, -0.1) is 0 Å². The molecule has 0 aliphatic heterocycles. The van der Waals surface area contributed by atoms with Crippen molar-refractivity contribution in [3.63, 3.8) is 0 Å². The van der Waals surface area contributed by atoms with E-state index in [4.69, 9.17) is 19.9 Å². The molecule has 0 saturated heterocycles. The molecule has 0 aliphatic carbocycles. The summed E-state index contributed by atoms with van der Waals surface area (Å²) in [5, 5.41) is 24.9. The summed E-state index contributed by atoms with van der Waals surface area (Å²) >= 11 is 0. The Labute approximate surface area is 716 Å². The first-order valence-electron chi connectivity index (χ1n) is 42.1. The number of benzene rings is 20. The molecule has 24 rings (SSSR count). The van der Waals surface area contributed by atoms with E-state index in [1.807, 2.05) is 24.7 Å². The van der Waals surface area contributed by atoms with Gasteiger partial charge in [0.05, 0.1) is 22.8 Å². The lowest BCUT2D eigenvalue weighted by molar-refractivity contribution is 1.18. The first-order chi connectivity index (χ1) is 61.4. The molecule has 124 heavy (non-hydrogen) atoms. The Kier molecular flexibility index (Phi) is 18.2. The van der Waals surface area contributed by atoms with Crippen LogP contribution in [-0.4, -0.2) is 29.9 Å². The minimum Gasteiger partial charge on any atom is -0.264 e. The van der Waals surface area contributed by atoms with Crippen LogP contribution in [0.1, 0.15) is 0 Å². The quantitative estimate of drug-likeness (QED) is 0.113. The molecule has 4 heterocycles. The average molecular weight is 1580 g/mol. The van der Waals surface area contributed by atoms with Gasteiger partial charge in [0, 0.05) is 69.1 Å². The molecule has 0 aliphatic rings. The largest absolute Gasteiger partial charge is 0.264 e. The van der Waals surface area contributed by atoms with Crippen LogP contribution in [0.3, 0.4) is 0 Å². The summed E-state index contributed by atoms with van der Waals surface area (Å²) < 4.78 is 0. The molecule has 6 nitrogen and oxygen atoms in total. The van der Waals surface area contributed by atoms with Crippen LogP contribution >= 0.6 is 0 Å². The number of hydrogen-bond acceptors (Lipinski definition) is 6. The summed E-state index contributed by atoms with van der Waals surface area (Å²) in [4.78, 5) is 30.0. The van der Waals surface area contributed by atoms with E-state index in [2.05, 4.69) is 429 Å². The van der Waals surface area contributed by atoms with Crippen LogP contribution in [0.15, 0.2) is 449 Å². The van der Waals surface area contributed by atoms with Crippen LogP contribution in [0, 0.1) is 0 Å². The van der Waals surface area contributed by atoms with Gasteiger partial charge in [-0.05, 0) is 218 Å². The molecular formula is C118H74N6. The molecule has 24 aromatic rings. The van der Waals surface area contributed by atoms with Crippen molar-refractivity contribution in [2.75, 3.05) is 0 Å². The van der Waals surface area contributed by atoms with E-state index in [-0.39, 0.29) is 0 Å². The Morgan fingerprint density at radius 2 is 0.435 bits per heavy atom. The van der Waals surface area contributed by atoms with Crippen molar-refractivity contribution in [3.8, 4) is 135 Å². The zero-order valence-corrected chi connectivity index (χ0v) is 67.4. The van der Waals surface area contributed by atoms with E-state index in [1.54, 1.807) is 6.20 Å². The fourth-order valence-corrected chi connectivity index (χ4v) is 18.5. The maximum Gasteiger partial charge on any atom is 0.160 e. The van der Waals surface area contributed by atoms with E-state index < -0.39 is 0 Å². The lowest BCUT2D eigenvalue weighted by Gasteiger charge is -2.14. The van der Waals surface area contributed by atoms with Gasteiger partial charge in [-0.25, -0.2) is 19.9 Å². The number of rotatable bonds is 12. The third kappa shape index (κ3) is 13.4. The molecule has 0 amide bonds. The molecule has 20 aromatic carbocycles. The summed E-state index contributed by atoms with van der Waals surface area (Å²) in [6.07, 6.45) is 7.57. The summed E-state index contributed by atoms with van der Waals surface area (Å²) in [5.41, 5.74) is 23.2. The number of aromatic nitrogens is 6. The molecule has 0 bridgehead atoms. The summed E-state index contributed by atoms with van der Waals surface area (Å²) in [7, 11) is 0. The van der Waals surface area contributed by atoms with Gasteiger partial charge in [-0.1, -0.05) is 370 Å². The SMILES string of the molecule is c1cc(-c2cc(-c3ccc(-c4cncc5ccccc45)cc3)nc(-c3ccc(-c4cc5ccccc5c5ccccc45)cc3)n2)cc(-c2cc3ccccc3c3ccccc23)c1.c1cncc(-c2ccc(-c3cc(-c4cccc(-c5cc6ccccc6c6ccccc56)c4)nc(-c4ccc(-c5ccc6c7ccccc7c7ccccc7c6c5)cc4)n3)cc2)c1. The maximum atomic E-state index is 5.32. The van der Waals surface area contributed by atoms with Crippen LogP contribution in [-0.2, 0) is 0 Å². The zero-order chi connectivity index (χ0) is 82.0. The third-order valence-electron chi connectivity index (χ3n) is 24.7. The minimum atomic E-state index is 0.677. The van der Waals surface area contributed by atoms with Crippen molar-refractivity contribution in [2.24, 2.45) is 0 Å². The molecule has 0 unspecified atom stereocenters. The average Bonchev–Trinajstić information content (AvgIpc) is 0.727. The molecule has 0 radical (unpaired) electrons. The van der Waals surface area contributed by atoms with Crippen molar-refractivity contribution in [2.45, 2.75) is 0 Å². The summed E-state index contributed by atoms with van der Waals surface area (Å²) in [6, 6.07) is 152. The molecule has 576 valence electrons. The van der Waals surface area contributed by atoms with Crippen molar-refractivity contribution >= 4 is 108 Å². The van der Waals surface area contributed by atoms with E-state index in [0.29, 0.717) is 11.6 Å². The molecule has 4 aromatic heterocycles. The first kappa shape index (κ1) is 72.7. The molecule has 0 spiro atoms. The van der Waals surface area contributed by atoms with Crippen LogP contribution in [0.5, 0.6) is 0 Å². The van der Waals surface area contributed by atoms with Crippen LogP contribution in [0.25, 0.3) is 242 Å². The molecule has 6 heteroatoms. The number of pyridine rings is 2. The highest BCUT2D eigenvalue weighted by Gasteiger charge is 2.20. The van der Waals surface area contributed by atoms with Crippen molar-refractivity contribution in [1.29, 1.82) is 0 Å². The monoisotopic (exact) mass is 1570 g/mol. The maximum absolute atomic E-state index is 5.32. The first-order valence-corrected chi connectivity index (χ1v) is 42.1. The minimum absolute atomic E-state index is 0.677. The van der Waals surface area contributed by atoms with Gasteiger partial charge in [0.1, 0.15) is 0 Å². The summed E-state index contributed by atoms with van der Waals surface area (Å²) in [6.45, 7) is 0. The Balaban J connectivity index is 0.000000143. The Morgan fingerprint density at radius 1 is 0.129 bits per heavy atom. The number of hydrogen-bond donors (Lipinski definition) is 0. The van der Waals surface area contributed by atoms with Crippen LogP contribution in [0.2, 0.25) is 0 Å². The number of fused-ring (bicyclic) bond motifs is 16. The lowest BCUT2D eigenvalue weighted by Crippen LogP contribution is -1.96. The molecule has 0 saturated carbocycles. The zero-order valence-electron chi connectivity index (χ0n) is 67.4. The third-order valence-corrected chi connectivity index (χ3v) is 24.7. The standard InChI is InChI=1S/2C59H37N3/c1-4-17-47-43(12-1)33-54(52-22-9-7-20-50(47)52)38-26-30-41(31-27-38)59-61-57(40-28-24-39(25-29-40)56-37-60-36-46-14-3-6-19-49(46)56)35-58(62-59)45-16-11-15-42(32-45)55-34-44-13-2-5-18-48(44)51-21-8-10-23-53(51)55;1-2-15-47-44(11-1)35-55(52-20-7-3-16-48(47)52)43-12-9-13-45(33-43)58-36-57(40-26-22-39(23-27-40)46-14-10-32-60-37-46)61-59(62-58)41-28-24-38(25-29-41)42-30-31-54-51-19-5-4-17-49(51)50-18-6-8-21-53(50)56(54)34-42/h2*1-37H. The van der Waals surface area contributed by atoms with Gasteiger partial charge in [-0.2, -0.15) is 0 Å². The van der Waals surface area contributed by atoms with Gasteiger partial charge < -0.3 is 0 Å². The highest BCUT2D eigenvalue weighted by molar-refractivity contribution is 6.26. The van der Waals surface area contributed by atoms with E-state index >= 15 is 0 Å². The van der Waals surface area contributed by atoms with Gasteiger partial charge in [-0.3, -0.25) is 9.97 Å². The normalized spacial score (nSPS) is 11.5. The van der Waals surface area contributed by atoms with Gasteiger partial charge >= 0.3 is 0 Å². The van der Waals surface area contributed by atoms with Crippen molar-refractivity contribution < 1.29 is 0 Å². The van der Waals surface area contributed by atoms with E-state index in [1.165, 1.54) is 125 Å². The lowest BCUT2D eigenvalue weighted by atomic mass is 9.92. The Bertz CT molecular complexity index is 8290. The highest BCUT2D eigenvalue weighted by atomic mass is 14.9. The molecule has 0 fully saturated rings. The fourth-order valence-electron chi connectivity index (χ4n) is 18.5. The van der Waals surface area contributed by atoms with Gasteiger partial charge in [0.25, 0.3) is 0 Å². The highest BCUT2D eigenvalue weighted by Crippen LogP contribution is 2.44. The van der Waals surface area contributed by atoms with Crippen LogP contribution < -0.4 is 0 Å². The van der Waals surface area contributed by atoms with E-state index in [0.717, 1.165) is 106 Å². The Morgan fingerprint density at radius 3 is 0.871 bits per heavy atom. The second-order valence-corrected chi connectivity index (χ2v) is 32.0. The fraction of sp³-hybridized carbons (Fsp3) is 0. The second kappa shape index (κ2) is 31.0. The predicted molar refractivity (Wildman–Crippen MR) is 520 cm³/mol.